The number of carboxylic acids is 1. The average Bonchev–Trinajstić information content (AvgIpc) is 2.35. The number of carboxylic acid groups (broad SMARTS) is 1. The van der Waals surface area contributed by atoms with Crippen molar-refractivity contribution in [1.29, 1.82) is 0 Å². The standard InChI is InChI=1S/C14H25NO4/c1-11(2)19-10-6-7-12(16)15-14(13(17)18)8-4-3-5-9-14/h11H,3-10H2,1-2H3,(H,15,16)(H,17,18). The van der Waals surface area contributed by atoms with Gasteiger partial charge in [0.1, 0.15) is 5.54 Å². The predicted molar refractivity (Wildman–Crippen MR) is 71.9 cm³/mol. The predicted octanol–water partition coefficient (Wildman–Crippen LogP) is 2.10. The molecular weight excluding hydrogens is 246 g/mol. The van der Waals surface area contributed by atoms with Crippen molar-refractivity contribution in [2.45, 2.75) is 70.4 Å². The monoisotopic (exact) mass is 271 g/mol. The van der Waals surface area contributed by atoms with Crippen LogP contribution in [0.3, 0.4) is 0 Å². The quantitative estimate of drug-likeness (QED) is 0.695. The molecule has 1 amide bonds. The molecule has 1 rings (SSSR count). The smallest absolute Gasteiger partial charge is 0.329 e. The first-order valence-electron chi connectivity index (χ1n) is 7.12. The van der Waals surface area contributed by atoms with E-state index in [4.69, 9.17) is 4.74 Å². The third-order valence-corrected chi connectivity index (χ3v) is 3.49. The summed E-state index contributed by atoms with van der Waals surface area (Å²) in [4.78, 5) is 23.2. The van der Waals surface area contributed by atoms with Crippen LogP contribution >= 0.6 is 0 Å². The van der Waals surface area contributed by atoms with Gasteiger partial charge in [-0.05, 0) is 33.1 Å². The molecule has 1 aliphatic carbocycles. The molecule has 19 heavy (non-hydrogen) atoms. The molecule has 1 saturated carbocycles. The van der Waals surface area contributed by atoms with Gasteiger partial charge in [0.2, 0.25) is 5.91 Å². The molecule has 0 saturated heterocycles. The van der Waals surface area contributed by atoms with Crippen LogP contribution in [-0.2, 0) is 14.3 Å². The van der Waals surface area contributed by atoms with E-state index in [9.17, 15) is 14.7 Å². The number of hydrogen-bond acceptors (Lipinski definition) is 3. The summed E-state index contributed by atoms with van der Waals surface area (Å²) < 4.78 is 5.36. The molecule has 0 atom stereocenters. The summed E-state index contributed by atoms with van der Waals surface area (Å²) in [6.07, 6.45) is 4.96. The van der Waals surface area contributed by atoms with Gasteiger partial charge in [-0.1, -0.05) is 19.3 Å². The van der Waals surface area contributed by atoms with Crippen molar-refractivity contribution in [3.8, 4) is 0 Å². The second-order valence-corrected chi connectivity index (χ2v) is 5.52. The van der Waals surface area contributed by atoms with Gasteiger partial charge in [0.15, 0.2) is 0 Å². The second kappa shape index (κ2) is 7.48. The maximum atomic E-state index is 11.8. The van der Waals surface area contributed by atoms with Gasteiger partial charge in [-0.25, -0.2) is 4.79 Å². The van der Waals surface area contributed by atoms with Gasteiger partial charge in [-0.2, -0.15) is 0 Å². The van der Waals surface area contributed by atoms with Crippen LogP contribution in [0.25, 0.3) is 0 Å². The lowest BCUT2D eigenvalue weighted by Crippen LogP contribution is -2.55. The molecule has 2 N–H and O–H groups in total. The van der Waals surface area contributed by atoms with Crippen LogP contribution in [0.5, 0.6) is 0 Å². The van der Waals surface area contributed by atoms with Crippen LogP contribution in [-0.4, -0.2) is 35.2 Å². The number of aliphatic carboxylic acids is 1. The minimum absolute atomic E-state index is 0.159. The molecule has 0 unspecified atom stereocenters. The lowest BCUT2D eigenvalue weighted by atomic mass is 9.81. The van der Waals surface area contributed by atoms with E-state index in [-0.39, 0.29) is 12.0 Å². The van der Waals surface area contributed by atoms with Crippen molar-refractivity contribution in [2.24, 2.45) is 0 Å². The Kier molecular flexibility index (Phi) is 6.28. The van der Waals surface area contributed by atoms with Crippen LogP contribution in [0.4, 0.5) is 0 Å². The maximum absolute atomic E-state index is 11.8. The van der Waals surface area contributed by atoms with E-state index in [1.807, 2.05) is 13.8 Å². The van der Waals surface area contributed by atoms with E-state index in [0.29, 0.717) is 32.3 Å². The molecule has 0 spiro atoms. The first kappa shape index (κ1) is 16.0. The zero-order valence-corrected chi connectivity index (χ0v) is 11.9. The Morgan fingerprint density at radius 2 is 1.89 bits per heavy atom. The molecule has 0 aromatic carbocycles. The van der Waals surface area contributed by atoms with Crippen molar-refractivity contribution < 1.29 is 19.4 Å². The van der Waals surface area contributed by atoms with Gasteiger partial charge in [0, 0.05) is 13.0 Å². The zero-order valence-electron chi connectivity index (χ0n) is 11.9. The fraction of sp³-hybridized carbons (Fsp3) is 0.857. The highest BCUT2D eigenvalue weighted by molar-refractivity contribution is 5.87. The van der Waals surface area contributed by atoms with Gasteiger partial charge in [-0.3, -0.25) is 4.79 Å². The minimum Gasteiger partial charge on any atom is -0.480 e. The molecule has 0 bridgehead atoms. The zero-order chi connectivity index (χ0) is 14.3. The van der Waals surface area contributed by atoms with Crippen molar-refractivity contribution in [2.75, 3.05) is 6.61 Å². The van der Waals surface area contributed by atoms with E-state index >= 15 is 0 Å². The summed E-state index contributed by atoms with van der Waals surface area (Å²) in [5, 5.41) is 12.1. The highest BCUT2D eigenvalue weighted by atomic mass is 16.5. The molecular formula is C14H25NO4. The molecule has 5 heteroatoms. The van der Waals surface area contributed by atoms with E-state index in [0.717, 1.165) is 19.3 Å². The SMILES string of the molecule is CC(C)OCCCC(=O)NC1(C(=O)O)CCCCC1. The first-order valence-corrected chi connectivity index (χ1v) is 7.12. The molecule has 1 aliphatic rings. The van der Waals surface area contributed by atoms with Gasteiger partial charge >= 0.3 is 5.97 Å². The minimum atomic E-state index is -1.03. The van der Waals surface area contributed by atoms with Crippen molar-refractivity contribution >= 4 is 11.9 Å². The van der Waals surface area contributed by atoms with Crippen molar-refractivity contribution in [3.63, 3.8) is 0 Å². The number of hydrogen-bond donors (Lipinski definition) is 2. The highest BCUT2D eigenvalue weighted by Crippen LogP contribution is 2.28. The molecule has 0 radical (unpaired) electrons. The van der Waals surface area contributed by atoms with Gasteiger partial charge in [-0.15, -0.1) is 0 Å². The van der Waals surface area contributed by atoms with Gasteiger partial charge < -0.3 is 15.2 Å². The third kappa shape index (κ3) is 5.19. The average molecular weight is 271 g/mol. The van der Waals surface area contributed by atoms with E-state index in [2.05, 4.69) is 5.32 Å². The number of carbonyl (C=O) groups is 2. The normalized spacial score (nSPS) is 18.3. The summed E-state index contributed by atoms with van der Waals surface area (Å²) in [5.41, 5.74) is -1.03. The van der Waals surface area contributed by atoms with Crippen molar-refractivity contribution in [1.82, 2.24) is 5.32 Å². The number of ether oxygens (including phenoxy) is 1. The second-order valence-electron chi connectivity index (χ2n) is 5.52. The molecule has 0 heterocycles. The van der Waals surface area contributed by atoms with E-state index in [1.54, 1.807) is 0 Å². The highest BCUT2D eigenvalue weighted by Gasteiger charge is 2.40. The van der Waals surface area contributed by atoms with Crippen molar-refractivity contribution in [3.05, 3.63) is 0 Å². The molecule has 0 aromatic rings. The van der Waals surface area contributed by atoms with E-state index < -0.39 is 11.5 Å². The summed E-state index contributed by atoms with van der Waals surface area (Å²) in [6.45, 7) is 4.42. The van der Waals surface area contributed by atoms with Gasteiger partial charge in [0.25, 0.3) is 0 Å². The number of amides is 1. The van der Waals surface area contributed by atoms with Crippen LogP contribution in [0, 0.1) is 0 Å². The Morgan fingerprint density at radius 1 is 1.26 bits per heavy atom. The Hall–Kier alpha value is -1.10. The first-order chi connectivity index (χ1) is 8.96. The van der Waals surface area contributed by atoms with Gasteiger partial charge in [0.05, 0.1) is 6.10 Å². The number of rotatable bonds is 7. The lowest BCUT2D eigenvalue weighted by Gasteiger charge is -2.34. The molecule has 0 aromatic heterocycles. The summed E-state index contributed by atoms with van der Waals surface area (Å²) in [7, 11) is 0. The summed E-state index contributed by atoms with van der Waals surface area (Å²) in [5.74, 6) is -1.09. The maximum Gasteiger partial charge on any atom is 0.329 e. The topological polar surface area (TPSA) is 75.6 Å². The Labute approximate surface area is 114 Å². The molecule has 110 valence electrons. The Morgan fingerprint density at radius 3 is 2.42 bits per heavy atom. The Balaban J connectivity index is 2.37. The largest absolute Gasteiger partial charge is 0.480 e. The lowest BCUT2D eigenvalue weighted by molar-refractivity contribution is -0.149. The van der Waals surface area contributed by atoms with E-state index in [1.165, 1.54) is 0 Å². The number of carbonyl (C=O) groups excluding carboxylic acids is 1. The van der Waals surface area contributed by atoms with Crippen LogP contribution in [0.2, 0.25) is 0 Å². The number of nitrogens with one attached hydrogen (secondary N) is 1. The third-order valence-electron chi connectivity index (χ3n) is 3.49. The summed E-state index contributed by atoms with van der Waals surface area (Å²) >= 11 is 0. The fourth-order valence-electron chi connectivity index (χ4n) is 2.43. The van der Waals surface area contributed by atoms with Crippen LogP contribution in [0.1, 0.15) is 58.8 Å². The molecule has 1 fully saturated rings. The summed E-state index contributed by atoms with van der Waals surface area (Å²) in [6, 6.07) is 0. The van der Waals surface area contributed by atoms with Crippen LogP contribution in [0.15, 0.2) is 0 Å². The molecule has 5 nitrogen and oxygen atoms in total. The van der Waals surface area contributed by atoms with Crippen LogP contribution < -0.4 is 5.32 Å². The fourth-order valence-corrected chi connectivity index (χ4v) is 2.43. The Bertz CT molecular complexity index is 309. The molecule has 0 aliphatic heterocycles.